The van der Waals surface area contributed by atoms with Crippen molar-refractivity contribution >= 4 is 15.9 Å². The van der Waals surface area contributed by atoms with Crippen LogP contribution in [0.3, 0.4) is 0 Å². The summed E-state index contributed by atoms with van der Waals surface area (Å²) in [6.45, 7) is 14.3. The van der Waals surface area contributed by atoms with Gasteiger partial charge in [0.25, 0.3) is 0 Å². The fraction of sp³-hybridized carbons (Fsp3) is 0.520. The minimum atomic E-state index is -3.70. The van der Waals surface area contributed by atoms with E-state index in [0.717, 1.165) is 13.1 Å². The maximum Gasteiger partial charge on any atom is 0.318 e. The number of rotatable bonds is 10. The molecule has 10 heteroatoms. The van der Waals surface area contributed by atoms with E-state index in [-0.39, 0.29) is 30.0 Å². The number of urea groups is 1. The van der Waals surface area contributed by atoms with Gasteiger partial charge in [0.15, 0.2) is 0 Å². The Labute approximate surface area is 208 Å². The van der Waals surface area contributed by atoms with E-state index in [4.69, 9.17) is 4.74 Å². The number of benzene rings is 1. The Hall–Kier alpha value is -2.69. The first kappa shape index (κ1) is 26.9. The van der Waals surface area contributed by atoms with E-state index in [2.05, 4.69) is 21.8 Å². The van der Waals surface area contributed by atoms with Gasteiger partial charge in [-0.1, -0.05) is 36.4 Å². The molecule has 2 amide bonds. The van der Waals surface area contributed by atoms with Crippen molar-refractivity contribution in [3.8, 4) is 0 Å². The molecule has 9 nitrogen and oxygen atoms in total. The molecule has 1 N–H and O–H groups in total. The highest BCUT2D eigenvalue weighted by atomic mass is 32.2. The summed E-state index contributed by atoms with van der Waals surface area (Å²) >= 11 is 0. The number of allylic oxidation sites excluding steroid dienone is 1. The number of carbonyl (C=O) groups excluding carboxylic acids is 1. The van der Waals surface area contributed by atoms with E-state index in [1.807, 2.05) is 39.0 Å². The molecule has 2 aromatic rings. The van der Waals surface area contributed by atoms with Crippen LogP contribution in [0.25, 0.3) is 0 Å². The van der Waals surface area contributed by atoms with Crippen molar-refractivity contribution in [3.05, 3.63) is 60.4 Å². The second kappa shape index (κ2) is 11.8. The van der Waals surface area contributed by atoms with Crippen LogP contribution in [0.2, 0.25) is 0 Å². The topological polar surface area (TPSA) is 96.8 Å². The Morgan fingerprint density at radius 3 is 2.54 bits per heavy atom. The highest BCUT2D eigenvalue weighted by molar-refractivity contribution is 7.90. The number of imidazole rings is 1. The first-order chi connectivity index (χ1) is 16.6. The number of ether oxygens (including phenoxy) is 1. The average Bonchev–Trinajstić information content (AvgIpc) is 3.20. The quantitative estimate of drug-likeness (QED) is 0.501. The summed E-state index contributed by atoms with van der Waals surface area (Å²) < 4.78 is 33.5. The molecule has 1 saturated heterocycles. The van der Waals surface area contributed by atoms with Gasteiger partial charge in [-0.2, -0.15) is 0 Å². The molecule has 1 fully saturated rings. The predicted octanol–water partition coefficient (Wildman–Crippen LogP) is 2.69. The van der Waals surface area contributed by atoms with Gasteiger partial charge in [0.05, 0.1) is 37.4 Å². The van der Waals surface area contributed by atoms with Crippen molar-refractivity contribution in [2.75, 3.05) is 39.4 Å². The van der Waals surface area contributed by atoms with E-state index < -0.39 is 15.4 Å². The van der Waals surface area contributed by atoms with E-state index in [0.29, 0.717) is 37.6 Å². The Bertz CT molecular complexity index is 1090. The molecule has 0 spiro atoms. The van der Waals surface area contributed by atoms with Crippen LogP contribution in [0.1, 0.15) is 32.0 Å². The summed E-state index contributed by atoms with van der Waals surface area (Å²) in [5.41, 5.74) is 0.932. The number of nitrogens with zero attached hydrogens (tertiary/aromatic N) is 4. The van der Waals surface area contributed by atoms with Crippen molar-refractivity contribution in [2.24, 2.45) is 0 Å². The molecule has 35 heavy (non-hydrogen) atoms. The first-order valence-electron chi connectivity index (χ1n) is 11.9. The molecule has 0 aliphatic carbocycles. The zero-order valence-electron chi connectivity index (χ0n) is 20.9. The zero-order valence-corrected chi connectivity index (χ0v) is 21.8. The SMILES string of the molecule is C=CCn1c(CN(CCN2CCOCC2)C(=O)NC(C)(C)C)cnc1S(=O)(=O)Cc1ccccc1. The highest BCUT2D eigenvalue weighted by Crippen LogP contribution is 2.19. The molecule has 2 heterocycles. The van der Waals surface area contributed by atoms with Gasteiger partial charge in [-0.25, -0.2) is 18.2 Å². The van der Waals surface area contributed by atoms with E-state index in [1.165, 1.54) is 0 Å². The van der Waals surface area contributed by atoms with Gasteiger partial charge in [0.2, 0.25) is 15.0 Å². The zero-order chi connectivity index (χ0) is 25.5. The van der Waals surface area contributed by atoms with Gasteiger partial charge in [-0.3, -0.25) is 4.90 Å². The second-order valence-corrected chi connectivity index (χ2v) is 11.6. The normalized spacial score (nSPS) is 15.1. The third kappa shape index (κ3) is 7.91. The van der Waals surface area contributed by atoms with Gasteiger partial charge in [0, 0.05) is 38.3 Å². The number of hydrogen-bond donors (Lipinski definition) is 1. The van der Waals surface area contributed by atoms with Gasteiger partial charge in [0.1, 0.15) is 0 Å². The molecule has 0 atom stereocenters. The molecule has 3 rings (SSSR count). The van der Waals surface area contributed by atoms with Crippen molar-refractivity contribution in [1.82, 2.24) is 24.7 Å². The number of morpholine rings is 1. The molecule has 0 unspecified atom stereocenters. The van der Waals surface area contributed by atoms with Crippen molar-refractivity contribution in [1.29, 1.82) is 0 Å². The minimum absolute atomic E-state index is 0.0133. The van der Waals surface area contributed by atoms with Crippen LogP contribution in [-0.4, -0.2) is 78.7 Å². The summed E-state index contributed by atoms with van der Waals surface area (Å²) in [6.07, 6.45) is 3.19. The van der Waals surface area contributed by atoms with Crippen LogP contribution in [0.5, 0.6) is 0 Å². The number of carbonyl (C=O) groups is 1. The maximum atomic E-state index is 13.2. The Balaban J connectivity index is 1.84. The van der Waals surface area contributed by atoms with Crippen molar-refractivity contribution in [2.45, 2.75) is 50.3 Å². The first-order valence-corrected chi connectivity index (χ1v) is 13.5. The molecule has 192 valence electrons. The smallest absolute Gasteiger partial charge is 0.318 e. The summed E-state index contributed by atoms with van der Waals surface area (Å²) in [7, 11) is -3.70. The molecule has 1 aromatic carbocycles. The van der Waals surface area contributed by atoms with Gasteiger partial charge >= 0.3 is 6.03 Å². The van der Waals surface area contributed by atoms with Gasteiger partial charge in [-0.05, 0) is 26.3 Å². The second-order valence-electron chi connectivity index (χ2n) is 9.73. The van der Waals surface area contributed by atoms with Gasteiger partial charge in [-0.15, -0.1) is 6.58 Å². The summed E-state index contributed by atoms with van der Waals surface area (Å²) in [4.78, 5) is 21.4. The lowest BCUT2D eigenvalue weighted by Crippen LogP contribution is -2.50. The maximum absolute atomic E-state index is 13.2. The average molecular weight is 504 g/mol. The monoisotopic (exact) mass is 503 g/mol. The standard InChI is InChI=1S/C25H37N5O4S/c1-5-11-30-22(18-26-24(30)35(32,33)20-21-9-7-6-8-10-21)19-29(23(31)27-25(2,3)4)13-12-28-14-16-34-17-15-28/h5-10,18H,1,11-17,19-20H2,2-4H3,(H,27,31). The lowest BCUT2D eigenvalue weighted by molar-refractivity contribution is 0.0344. The van der Waals surface area contributed by atoms with E-state index in [9.17, 15) is 13.2 Å². The summed E-state index contributed by atoms with van der Waals surface area (Å²) in [5.74, 6) is -0.146. The van der Waals surface area contributed by atoms with Crippen LogP contribution in [0.4, 0.5) is 4.79 Å². The van der Waals surface area contributed by atoms with Crippen molar-refractivity contribution in [3.63, 3.8) is 0 Å². The molecule has 0 bridgehead atoms. The Morgan fingerprint density at radius 2 is 1.91 bits per heavy atom. The molecule has 0 radical (unpaired) electrons. The molecule has 1 aromatic heterocycles. The Kier molecular flexibility index (Phi) is 9.09. The number of hydrogen-bond acceptors (Lipinski definition) is 6. The number of nitrogens with one attached hydrogen (secondary N) is 1. The van der Waals surface area contributed by atoms with Crippen molar-refractivity contribution < 1.29 is 17.9 Å². The predicted molar refractivity (Wildman–Crippen MR) is 136 cm³/mol. The Morgan fingerprint density at radius 1 is 1.23 bits per heavy atom. The summed E-state index contributed by atoms with van der Waals surface area (Å²) in [6, 6.07) is 8.83. The van der Waals surface area contributed by atoms with Crippen LogP contribution in [-0.2, 0) is 33.4 Å². The largest absolute Gasteiger partial charge is 0.379 e. The highest BCUT2D eigenvalue weighted by Gasteiger charge is 2.26. The molecular formula is C25H37N5O4S. The van der Waals surface area contributed by atoms with Gasteiger partial charge < -0.3 is 19.5 Å². The lowest BCUT2D eigenvalue weighted by atomic mass is 10.1. The fourth-order valence-electron chi connectivity index (χ4n) is 3.88. The van der Waals surface area contributed by atoms with Crippen LogP contribution in [0, 0.1) is 0 Å². The van der Waals surface area contributed by atoms with Crippen LogP contribution < -0.4 is 5.32 Å². The third-order valence-corrected chi connectivity index (χ3v) is 7.20. The lowest BCUT2D eigenvalue weighted by Gasteiger charge is -2.32. The number of aromatic nitrogens is 2. The van der Waals surface area contributed by atoms with E-state index in [1.54, 1.807) is 33.9 Å². The minimum Gasteiger partial charge on any atom is -0.379 e. The number of amides is 2. The number of sulfone groups is 1. The van der Waals surface area contributed by atoms with Crippen LogP contribution >= 0.6 is 0 Å². The molecule has 1 aliphatic heterocycles. The van der Waals surface area contributed by atoms with Crippen LogP contribution in [0.15, 0.2) is 54.3 Å². The third-order valence-electron chi connectivity index (χ3n) is 5.60. The van der Waals surface area contributed by atoms with E-state index >= 15 is 0 Å². The fourth-order valence-corrected chi connectivity index (χ4v) is 5.38. The molecule has 0 saturated carbocycles. The molecule has 1 aliphatic rings. The molecular weight excluding hydrogens is 466 g/mol. The summed E-state index contributed by atoms with van der Waals surface area (Å²) in [5, 5.41) is 3.01.